The molecular weight excluding hydrogens is 411 g/mol. The highest BCUT2D eigenvalue weighted by molar-refractivity contribution is 6.01. The van der Waals surface area contributed by atoms with E-state index >= 15 is 0 Å². The Bertz CT molecular complexity index is 1290. The van der Waals surface area contributed by atoms with Crippen LogP contribution in [0.5, 0.6) is 0 Å². The number of hydroxylamine groups is 1. The van der Waals surface area contributed by atoms with Crippen molar-refractivity contribution in [2.75, 3.05) is 5.32 Å². The predicted octanol–water partition coefficient (Wildman–Crippen LogP) is 4.48. The number of pyridine rings is 1. The standard InChI is InChI=1S/C24H19FN4O3/c25-18-9-7-16(8-10-18)20-13-15(6-11-19(20)23(30)29-32)14-27-24(31)28-21-5-1-3-17-4-2-12-26-22(17)21/h1-13,32H,14H2,(H,29,30)(H2,27,28,31). The van der Waals surface area contributed by atoms with Gasteiger partial charge in [-0.1, -0.05) is 36.4 Å². The van der Waals surface area contributed by atoms with E-state index in [2.05, 4.69) is 15.6 Å². The lowest BCUT2D eigenvalue weighted by Crippen LogP contribution is -2.28. The molecule has 0 atom stereocenters. The minimum atomic E-state index is -0.690. The number of hydrogen-bond donors (Lipinski definition) is 4. The van der Waals surface area contributed by atoms with Crippen LogP contribution in [-0.4, -0.2) is 22.1 Å². The summed E-state index contributed by atoms with van der Waals surface area (Å²) in [5.74, 6) is -1.09. The number of nitrogens with zero attached hydrogens (tertiary/aromatic N) is 1. The second kappa shape index (κ2) is 9.23. The molecular formula is C24H19FN4O3. The fourth-order valence-electron chi connectivity index (χ4n) is 3.38. The number of amides is 3. The zero-order valence-electron chi connectivity index (χ0n) is 16.8. The van der Waals surface area contributed by atoms with Crippen LogP contribution < -0.4 is 16.1 Å². The first kappa shape index (κ1) is 21.0. The normalized spacial score (nSPS) is 10.6. The molecule has 8 heteroatoms. The Morgan fingerprint density at radius 2 is 1.75 bits per heavy atom. The van der Waals surface area contributed by atoms with Crippen LogP contribution in [0.4, 0.5) is 14.9 Å². The fraction of sp³-hybridized carbons (Fsp3) is 0.0417. The molecule has 3 amide bonds. The summed E-state index contributed by atoms with van der Waals surface area (Å²) >= 11 is 0. The van der Waals surface area contributed by atoms with Crippen molar-refractivity contribution < 1.29 is 19.2 Å². The smallest absolute Gasteiger partial charge is 0.319 e. The quantitative estimate of drug-likeness (QED) is 0.277. The Labute approximate surface area is 182 Å². The molecule has 0 bridgehead atoms. The molecule has 3 aromatic carbocycles. The molecule has 32 heavy (non-hydrogen) atoms. The summed E-state index contributed by atoms with van der Waals surface area (Å²) in [6, 6.07) is 19.4. The number of hydrogen-bond acceptors (Lipinski definition) is 4. The third-order valence-corrected chi connectivity index (χ3v) is 4.92. The van der Waals surface area contributed by atoms with E-state index in [-0.39, 0.29) is 12.1 Å². The lowest BCUT2D eigenvalue weighted by molar-refractivity contribution is 0.0707. The van der Waals surface area contributed by atoms with E-state index in [9.17, 15) is 14.0 Å². The van der Waals surface area contributed by atoms with Gasteiger partial charge in [0.1, 0.15) is 5.82 Å². The van der Waals surface area contributed by atoms with Crippen molar-refractivity contribution in [2.24, 2.45) is 0 Å². The number of para-hydroxylation sites is 1. The Kier molecular flexibility index (Phi) is 6.05. The third-order valence-electron chi connectivity index (χ3n) is 4.92. The number of rotatable bonds is 5. The molecule has 4 rings (SSSR count). The molecule has 1 aromatic heterocycles. The summed E-state index contributed by atoms with van der Waals surface area (Å²) in [6.07, 6.45) is 1.66. The predicted molar refractivity (Wildman–Crippen MR) is 119 cm³/mol. The molecule has 0 saturated carbocycles. The SMILES string of the molecule is O=C(NCc1ccc(C(=O)NO)c(-c2ccc(F)cc2)c1)Nc1cccc2cccnc12. The van der Waals surface area contributed by atoms with E-state index in [0.717, 1.165) is 5.39 Å². The van der Waals surface area contributed by atoms with Crippen molar-refractivity contribution in [2.45, 2.75) is 6.54 Å². The molecule has 0 saturated heterocycles. The van der Waals surface area contributed by atoms with Gasteiger partial charge in [-0.3, -0.25) is 15.0 Å². The number of benzene rings is 3. The molecule has 0 aliphatic rings. The maximum absolute atomic E-state index is 13.3. The highest BCUT2D eigenvalue weighted by atomic mass is 19.1. The van der Waals surface area contributed by atoms with Gasteiger partial charge in [0.05, 0.1) is 11.2 Å². The van der Waals surface area contributed by atoms with Gasteiger partial charge in [-0.2, -0.15) is 0 Å². The summed E-state index contributed by atoms with van der Waals surface area (Å²) < 4.78 is 13.3. The van der Waals surface area contributed by atoms with E-state index in [1.54, 1.807) is 29.9 Å². The summed E-state index contributed by atoms with van der Waals surface area (Å²) in [4.78, 5) is 28.8. The van der Waals surface area contributed by atoms with Crippen LogP contribution in [0.1, 0.15) is 15.9 Å². The van der Waals surface area contributed by atoms with Crippen molar-refractivity contribution in [3.05, 3.63) is 95.9 Å². The van der Waals surface area contributed by atoms with E-state index in [1.807, 2.05) is 24.3 Å². The summed E-state index contributed by atoms with van der Waals surface area (Å²) in [7, 11) is 0. The van der Waals surface area contributed by atoms with Gasteiger partial charge < -0.3 is 10.6 Å². The molecule has 4 aromatic rings. The van der Waals surface area contributed by atoms with E-state index < -0.39 is 17.8 Å². The third kappa shape index (κ3) is 4.55. The molecule has 0 aliphatic carbocycles. The van der Waals surface area contributed by atoms with Crippen LogP contribution in [0, 0.1) is 5.82 Å². The second-order valence-corrected chi connectivity index (χ2v) is 7.02. The van der Waals surface area contributed by atoms with Gasteiger partial charge in [-0.15, -0.1) is 0 Å². The first-order chi connectivity index (χ1) is 15.5. The molecule has 0 spiro atoms. The Morgan fingerprint density at radius 1 is 0.969 bits per heavy atom. The van der Waals surface area contributed by atoms with Crippen molar-refractivity contribution >= 4 is 28.5 Å². The van der Waals surface area contributed by atoms with Crippen LogP contribution in [0.2, 0.25) is 0 Å². The summed E-state index contributed by atoms with van der Waals surface area (Å²) in [6.45, 7) is 0.180. The van der Waals surface area contributed by atoms with Gasteiger partial charge in [0.2, 0.25) is 0 Å². The molecule has 7 nitrogen and oxygen atoms in total. The van der Waals surface area contributed by atoms with Crippen LogP contribution in [0.25, 0.3) is 22.0 Å². The summed E-state index contributed by atoms with van der Waals surface area (Å²) in [5, 5.41) is 15.5. The maximum Gasteiger partial charge on any atom is 0.319 e. The van der Waals surface area contributed by atoms with Crippen LogP contribution in [0.15, 0.2) is 79.0 Å². The van der Waals surface area contributed by atoms with Gasteiger partial charge in [-0.25, -0.2) is 14.7 Å². The number of anilines is 1. The maximum atomic E-state index is 13.3. The minimum Gasteiger partial charge on any atom is -0.334 e. The van der Waals surface area contributed by atoms with Crippen molar-refractivity contribution in [3.63, 3.8) is 0 Å². The number of fused-ring (bicyclic) bond motifs is 1. The lowest BCUT2D eigenvalue weighted by atomic mass is 9.96. The fourth-order valence-corrected chi connectivity index (χ4v) is 3.38. The Balaban J connectivity index is 1.52. The molecule has 0 unspecified atom stereocenters. The zero-order valence-corrected chi connectivity index (χ0v) is 16.8. The van der Waals surface area contributed by atoms with Gasteiger partial charge in [0.15, 0.2) is 0 Å². The number of aromatic nitrogens is 1. The van der Waals surface area contributed by atoms with Gasteiger partial charge in [-0.05, 0) is 53.1 Å². The summed E-state index contributed by atoms with van der Waals surface area (Å²) in [5.41, 5.74) is 4.91. The topological polar surface area (TPSA) is 103 Å². The number of carbonyl (C=O) groups excluding carboxylic acids is 2. The van der Waals surface area contributed by atoms with E-state index in [4.69, 9.17) is 5.21 Å². The first-order valence-electron chi connectivity index (χ1n) is 9.77. The molecule has 0 fully saturated rings. The van der Waals surface area contributed by atoms with Gasteiger partial charge in [0, 0.05) is 23.7 Å². The van der Waals surface area contributed by atoms with Crippen molar-refractivity contribution in [3.8, 4) is 11.1 Å². The average Bonchev–Trinajstić information content (AvgIpc) is 2.83. The van der Waals surface area contributed by atoms with Gasteiger partial charge >= 0.3 is 6.03 Å². The molecule has 0 aliphatic heterocycles. The first-order valence-corrected chi connectivity index (χ1v) is 9.77. The average molecular weight is 430 g/mol. The largest absolute Gasteiger partial charge is 0.334 e. The van der Waals surface area contributed by atoms with Gasteiger partial charge in [0.25, 0.3) is 5.91 Å². The number of nitrogens with one attached hydrogen (secondary N) is 3. The number of urea groups is 1. The second-order valence-electron chi connectivity index (χ2n) is 7.02. The zero-order chi connectivity index (χ0) is 22.5. The van der Waals surface area contributed by atoms with Crippen molar-refractivity contribution in [1.82, 2.24) is 15.8 Å². The van der Waals surface area contributed by atoms with E-state index in [1.165, 1.54) is 30.3 Å². The molecule has 160 valence electrons. The minimum absolute atomic E-state index is 0.180. The number of halogens is 1. The number of carbonyl (C=O) groups is 2. The Hall–Kier alpha value is -4.30. The van der Waals surface area contributed by atoms with Crippen molar-refractivity contribution in [1.29, 1.82) is 0 Å². The Morgan fingerprint density at radius 3 is 2.53 bits per heavy atom. The monoisotopic (exact) mass is 430 g/mol. The highest BCUT2D eigenvalue weighted by Crippen LogP contribution is 2.26. The van der Waals surface area contributed by atoms with Crippen LogP contribution in [0.3, 0.4) is 0 Å². The molecule has 1 heterocycles. The molecule has 0 radical (unpaired) electrons. The highest BCUT2D eigenvalue weighted by Gasteiger charge is 2.14. The van der Waals surface area contributed by atoms with E-state index in [0.29, 0.717) is 27.9 Å². The van der Waals surface area contributed by atoms with Crippen LogP contribution in [-0.2, 0) is 6.54 Å². The lowest BCUT2D eigenvalue weighted by Gasteiger charge is -2.13. The molecule has 4 N–H and O–H groups in total. The van der Waals surface area contributed by atoms with Crippen LogP contribution >= 0.6 is 0 Å².